The molecular formula is C13H15BrO2. The van der Waals surface area contributed by atoms with Crippen LogP contribution < -0.4 is 4.74 Å². The Morgan fingerprint density at radius 2 is 2.19 bits per heavy atom. The van der Waals surface area contributed by atoms with Crippen molar-refractivity contribution in [1.29, 1.82) is 0 Å². The van der Waals surface area contributed by atoms with Gasteiger partial charge in [0.1, 0.15) is 11.4 Å². The van der Waals surface area contributed by atoms with Crippen molar-refractivity contribution in [3.63, 3.8) is 0 Å². The van der Waals surface area contributed by atoms with Crippen LogP contribution in [0.2, 0.25) is 0 Å². The maximum atomic E-state index is 10.2. The van der Waals surface area contributed by atoms with Crippen molar-refractivity contribution in [3.8, 4) is 5.75 Å². The molecule has 1 aromatic carbocycles. The molecule has 1 aromatic rings. The number of halogens is 1. The van der Waals surface area contributed by atoms with Gasteiger partial charge in [-0.25, -0.2) is 0 Å². The maximum absolute atomic E-state index is 10.2. The van der Waals surface area contributed by atoms with E-state index < -0.39 is 6.10 Å². The van der Waals surface area contributed by atoms with Crippen LogP contribution in [0, 0.1) is 5.92 Å². The van der Waals surface area contributed by atoms with Gasteiger partial charge >= 0.3 is 0 Å². The normalized spacial score (nSPS) is 33.1. The Morgan fingerprint density at radius 3 is 2.88 bits per heavy atom. The van der Waals surface area contributed by atoms with Gasteiger partial charge in [-0.2, -0.15) is 0 Å². The molecule has 2 aliphatic rings. The van der Waals surface area contributed by atoms with Crippen LogP contribution >= 0.6 is 15.9 Å². The highest BCUT2D eigenvalue weighted by atomic mass is 79.9. The number of aliphatic hydroxyl groups is 1. The summed E-state index contributed by atoms with van der Waals surface area (Å²) in [5.74, 6) is 1.47. The first kappa shape index (κ1) is 10.6. The molecular weight excluding hydrogens is 268 g/mol. The molecule has 86 valence electrons. The van der Waals surface area contributed by atoms with Crippen molar-refractivity contribution < 1.29 is 9.84 Å². The SMILES string of the molecule is CC1(C2CC2)CC(O)c2cc(Br)ccc2O1. The summed E-state index contributed by atoms with van der Waals surface area (Å²) in [5.41, 5.74) is 0.743. The first-order valence-electron chi connectivity index (χ1n) is 5.75. The number of ether oxygens (including phenoxy) is 1. The Morgan fingerprint density at radius 1 is 1.44 bits per heavy atom. The number of aliphatic hydroxyl groups excluding tert-OH is 1. The van der Waals surface area contributed by atoms with Gasteiger partial charge in [-0.1, -0.05) is 15.9 Å². The van der Waals surface area contributed by atoms with Crippen molar-refractivity contribution >= 4 is 15.9 Å². The Hall–Kier alpha value is -0.540. The van der Waals surface area contributed by atoms with Crippen molar-refractivity contribution in [2.75, 3.05) is 0 Å². The third kappa shape index (κ3) is 1.66. The second kappa shape index (κ2) is 3.47. The summed E-state index contributed by atoms with van der Waals surface area (Å²) >= 11 is 3.42. The van der Waals surface area contributed by atoms with Gasteiger partial charge in [0.2, 0.25) is 0 Å². The van der Waals surface area contributed by atoms with E-state index in [-0.39, 0.29) is 5.60 Å². The summed E-state index contributed by atoms with van der Waals surface area (Å²) < 4.78 is 7.08. The maximum Gasteiger partial charge on any atom is 0.126 e. The van der Waals surface area contributed by atoms with Gasteiger partial charge in [-0.05, 0) is 43.9 Å². The van der Waals surface area contributed by atoms with Gasteiger partial charge in [-0.15, -0.1) is 0 Å². The third-order valence-corrected chi connectivity index (χ3v) is 4.21. The molecule has 1 aliphatic carbocycles. The quantitative estimate of drug-likeness (QED) is 0.855. The highest BCUT2D eigenvalue weighted by Gasteiger charge is 2.47. The molecule has 1 fully saturated rings. The van der Waals surface area contributed by atoms with Crippen LogP contribution in [0.4, 0.5) is 0 Å². The van der Waals surface area contributed by atoms with Crippen molar-refractivity contribution in [2.45, 2.75) is 37.9 Å². The van der Waals surface area contributed by atoms with Gasteiger partial charge in [-0.3, -0.25) is 0 Å². The number of rotatable bonds is 1. The van der Waals surface area contributed by atoms with Gasteiger partial charge in [0.05, 0.1) is 6.10 Å². The first-order valence-corrected chi connectivity index (χ1v) is 6.54. The average molecular weight is 283 g/mol. The molecule has 16 heavy (non-hydrogen) atoms. The van der Waals surface area contributed by atoms with E-state index in [1.807, 2.05) is 18.2 Å². The van der Waals surface area contributed by atoms with E-state index in [9.17, 15) is 5.11 Å². The lowest BCUT2D eigenvalue weighted by molar-refractivity contribution is -0.0166. The molecule has 0 aromatic heterocycles. The van der Waals surface area contributed by atoms with Crippen LogP contribution in [-0.2, 0) is 0 Å². The minimum atomic E-state index is -0.396. The fraction of sp³-hybridized carbons (Fsp3) is 0.538. The van der Waals surface area contributed by atoms with Gasteiger partial charge in [0.15, 0.2) is 0 Å². The smallest absolute Gasteiger partial charge is 0.126 e. The summed E-state index contributed by atoms with van der Waals surface area (Å²) in [6.07, 6.45) is 2.78. The van der Waals surface area contributed by atoms with E-state index in [4.69, 9.17) is 4.74 Å². The minimum Gasteiger partial charge on any atom is -0.487 e. The topological polar surface area (TPSA) is 29.5 Å². The average Bonchev–Trinajstić information content (AvgIpc) is 3.03. The highest BCUT2D eigenvalue weighted by molar-refractivity contribution is 9.10. The Balaban J connectivity index is 1.99. The van der Waals surface area contributed by atoms with E-state index in [1.54, 1.807) is 0 Å². The fourth-order valence-corrected chi connectivity index (χ4v) is 2.98. The summed E-state index contributed by atoms with van der Waals surface area (Å²) in [6.45, 7) is 2.12. The van der Waals surface area contributed by atoms with Gasteiger partial charge < -0.3 is 9.84 Å². The predicted molar refractivity (Wildman–Crippen MR) is 65.5 cm³/mol. The summed E-state index contributed by atoms with van der Waals surface area (Å²) in [7, 11) is 0. The molecule has 2 nitrogen and oxygen atoms in total. The lowest BCUT2D eigenvalue weighted by Gasteiger charge is -2.38. The number of hydrogen-bond acceptors (Lipinski definition) is 2. The number of hydrogen-bond donors (Lipinski definition) is 1. The molecule has 1 N–H and O–H groups in total. The molecule has 1 heterocycles. The monoisotopic (exact) mass is 282 g/mol. The van der Waals surface area contributed by atoms with Crippen LogP contribution in [0.5, 0.6) is 5.75 Å². The summed E-state index contributed by atoms with van der Waals surface area (Å²) in [4.78, 5) is 0. The fourth-order valence-electron chi connectivity index (χ4n) is 2.60. The Kier molecular flexibility index (Phi) is 2.30. The molecule has 3 heteroatoms. The minimum absolute atomic E-state index is 0.166. The van der Waals surface area contributed by atoms with Gasteiger partial charge in [0.25, 0.3) is 0 Å². The second-order valence-electron chi connectivity index (χ2n) is 5.09. The molecule has 0 spiro atoms. The molecule has 3 rings (SSSR count). The van der Waals surface area contributed by atoms with Crippen molar-refractivity contribution in [1.82, 2.24) is 0 Å². The van der Waals surface area contributed by atoms with Crippen LogP contribution in [0.3, 0.4) is 0 Å². The van der Waals surface area contributed by atoms with Crippen molar-refractivity contribution in [2.24, 2.45) is 5.92 Å². The van der Waals surface area contributed by atoms with Crippen LogP contribution in [0.25, 0.3) is 0 Å². The zero-order chi connectivity index (χ0) is 11.3. The van der Waals surface area contributed by atoms with E-state index in [0.29, 0.717) is 12.3 Å². The Labute approximate surface area is 104 Å². The number of fused-ring (bicyclic) bond motifs is 1. The number of benzene rings is 1. The summed E-state index contributed by atoms with van der Waals surface area (Å²) in [6, 6.07) is 5.86. The molecule has 0 saturated heterocycles. The largest absolute Gasteiger partial charge is 0.487 e. The van der Waals surface area contributed by atoms with E-state index >= 15 is 0 Å². The lowest BCUT2D eigenvalue weighted by atomic mass is 9.87. The standard InChI is InChI=1S/C13H15BrO2/c1-13(8-2-3-8)7-11(15)10-6-9(14)4-5-12(10)16-13/h4-6,8,11,15H,2-3,7H2,1H3. The Bertz CT molecular complexity index is 428. The molecule has 0 amide bonds. The van der Waals surface area contributed by atoms with E-state index in [2.05, 4.69) is 22.9 Å². The third-order valence-electron chi connectivity index (χ3n) is 3.71. The lowest BCUT2D eigenvalue weighted by Crippen LogP contribution is -2.40. The second-order valence-corrected chi connectivity index (χ2v) is 6.01. The molecule has 1 aliphatic heterocycles. The molecule has 2 atom stereocenters. The summed E-state index contributed by atoms with van der Waals surface area (Å²) in [5, 5.41) is 10.2. The van der Waals surface area contributed by atoms with E-state index in [1.165, 1.54) is 12.8 Å². The molecule has 0 bridgehead atoms. The van der Waals surface area contributed by atoms with Crippen molar-refractivity contribution in [3.05, 3.63) is 28.2 Å². The highest BCUT2D eigenvalue weighted by Crippen LogP contribution is 2.50. The molecule has 1 saturated carbocycles. The molecule has 0 radical (unpaired) electrons. The van der Waals surface area contributed by atoms with E-state index in [0.717, 1.165) is 15.8 Å². The van der Waals surface area contributed by atoms with Gasteiger partial charge in [0, 0.05) is 16.5 Å². The zero-order valence-electron chi connectivity index (χ0n) is 9.24. The first-order chi connectivity index (χ1) is 7.58. The van der Waals surface area contributed by atoms with Crippen LogP contribution in [-0.4, -0.2) is 10.7 Å². The molecule has 2 unspecified atom stereocenters. The zero-order valence-corrected chi connectivity index (χ0v) is 10.8. The predicted octanol–water partition coefficient (Wildman–Crippen LogP) is 3.43. The van der Waals surface area contributed by atoms with Crippen LogP contribution in [0.1, 0.15) is 37.9 Å². The van der Waals surface area contributed by atoms with Crippen LogP contribution in [0.15, 0.2) is 22.7 Å².